The van der Waals surface area contributed by atoms with Gasteiger partial charge in [-0.05, 0) is 74.2 Å². The third-order valence-electron chi connectivity index (χ3n) is 4.83. The highest BCUT2D eigenvalue weighted by atomic mass is 32.2. The van der Waals surface area contributed by atoms with Crippen molar-refractivity contribution in [3.8, 4) is 11.5 Å². The number of carbonyl (C=O) groups is 2. The Morgan fingerprint density at radius 1 is 0.758 bits per heavy atom. The van der Waals surface area contributed by atoms with E-state index in [1.807, 2.05) is 38.2 Å². The van der Waals surface area contributed by atoms with Crippen LogP contribution in [0.1, 0.15) is 51.7 Å². The van der Waals surface area contributed by atoms with Crippen LogP contribution in [0.3, 0.4) is 0 Å². The second-order valence-electron chi connectivity index (χ2n) is 7.24. The quantitative estimate of drug-likeness (QED) is 0.263. The minimum atomic E-state index is -3.91. The Hall–Kier alpha value is -3.19. The SMILES string of the molecule is CC=CCc1cc(OC(=O)CC)ccc1S(=O)(=O)c1ccc(OC(=O)CC)cc1CC=CC. The second-order valence-corrected chi connectivity index (χ2v) is 9.13. The molecular weight excluding hydrogens is 440 g/mol. The molecule has 0 fully saturated rings. The zero-order chi connectivity index (χ0) is 24.4. The zero-order valence-corrected chi connectivity index (χ0v) is 20.3. The predicted molar refractivity (Wildman–Crippen MR) is 127 cm³/mol. The number of carbonyl (C=O) groups excluding carboxylic acids is 2. The summed E-state index contributed by atoms with van der Waals surface area (Å²) in [4.78, 5) is 23.6. The van der Waals surface area contributed by atoms with E-state index in [4.69, 9.17) is 9.47 Å². The Labute approximate surface area is 195 Å². The van der Waals surface area contributed by atoms with Gasteiger partial charge in [0.1, 0.15) is 11.5 Å². The van der Waals surface area contributed by atoms with E-state index >= 15 is 0 Å². The molecule has 0 aliphatic heterocycles. The van der Waals surface area contributed by atoms with Gasteiger partial charge in [-0.1, -0.05) is 38.2 Å². The molecule has 0 aromatic heterocycles. The van der Waals surface area contributed by atoms with Crippen LogP contribution < -0.4 is 9.47 Å². The first-order valence-electron chi connectivity index (χ1n) is 10.9. The molecule has 0 saturated heterocycles. The lowest BCUT2D eigenvalue weighted by Crippen LogP contribution is -2.11. The van der Waals surface area contributed by atoms with Gasteiger partial charge in [0.15, 0.2) is 0 Å². The predicted octanol–water partition coefficient (Wildman–Crippen LogP) is 5.39. The summed E-state index contributed by atoms with van der Waals surface area (Å²) in [6.07, 6.45) is 8.49. The van der Waals surface area contributed by atoms with Crippen molar-refractivity contribution in [2.75, 3.05) is 0 Å². The van der Waals surface area contributed by atoms with E-state index in [2.05, 4.69) is 0 Å². The normalized spacial score (nSPS) is 11.8. The Bertz CT molecular complexity index is 1070. The largest absolute Gasteiger partial charge is 0.427 e. The van der Waals surface area contributed by atoms with E-state index in [0.717, 1.165) is 0 Å². The molecule has 0 saturated carbocycles. The number of rotatable bonds is 10. The van der Waals surface area contributed by atoms with Gasteiger partial charge in [-0.2, -0.15) is 0 Å². The first-order valence-corrected chi connectivity index (χ1v) is 12.4. The molecule has 0 heterocycles. The summed E-state index contributed by atoms with van der Waals surface area (Å²) in [6.45, 7) is 7.08. The summed E-state index contributed by atoms with van der Waals surface area (Å²) in [5.74, 6) is -0.186. The van der Waals surface area contributed by atoms with E-state index in [1.165, 1.54) is 24.3 Å². The van der Waals surface area contributed by atoms with Gasteiger partial charge in [0.05, 0.1) is 9.79 Å². The highest BCUT2D eigenvalue weighted by molar-refractivity contribution is 7.91. The monoisotopic (exact) mass is 470 g/mol. The lowest BCUT2D eigenvalue weighted by molar-refractivity contribution is -0.134. The maximum atomic E-state index is 13.7. The maximum Gasteiger partial charge on any atom is 0.310 e. The van der Waals surface area contributed by atoms with Gasteiger partial charge >= 0.3 is 11.9 Å². The fourth-order valence-electron chi connectivity index (χ4n) is 3.10. The highest BCUT2D eigenvalue weighted by Crippen LogP contribution is 2.32. The van der Waals surface area contributed by atoms with E-state index in [0.29, 0.717) is 35.5 Å². The van der Waals surface area contributed by atoms with Crippen LogP contribution >= 0.6 is 0 Å². The van der Waals surface area contributed by atoms with E-state index in [-0.39, 0.29) is 22.6 Å². The van der Waals surface area contributed by atoms with Gasteiger partial charge in [-0.25, -0.2) is 8.42 Å². The third kappa shape index (κ3) is 6.89. The number of allylic oxidation sites excluding steroid dienone is 4. The molecule has 33 heavy (non-hydrogen) atoms. The molecule has 6 nitrogen and oxygen atoms in total. The lowest BCUT2D eigenvalue weighted by atomic mass is 10.1. The molecule has 2 aromatic carbocycles. The Morgan fingerprint density at radius 2 is 1.15 bits per heavy atom. The fourth-order valence-corrected chi connectivity index (χ4v) is 4.80. The average Bonchev–Trinajstić information content (AvgIpc) is 2.81. The number of esters is 2. The Morgan fingerprint density at radius 3 is 1.48 bits per heavy atom. The number of benzene rings is 2. The van der Waals surface area contributed by atoms with Crippen LogP contribution in [0.15, 0.2) is 70.5 Å². The van der Waals surface area contributed by atoms with E-state index < -0.39 is 21.8 Å². The molecule has 2 rings (SSSR count). The summed E-state index contributed by atoms with van der Waals surface area (Å²) < 4.78 is 38.0. The number of ether oxygens (including phenoxy) is 2. The van der Waals surface area contributed by atoms with E-state index in [1.54, 1.807) is 26.0 Å². The van der Waals surface area contributed by atoms with Gasteiger partial charge in [0, 0.05) is 12.8 Å². The molecule has 2 aromatic rings. The van der Waals surface area contributed by atoms with Crippen molar-refractivity contribution in [3.05, 3.63) is 71.8 Å². The minimum absolute atomic E-state index is 0.136. The molecule has 0 N–H and O–H groups in total. The van der Waals surface area contributed by atoms with Crippen LogP contribution in [0.5, 0.6) is 11.5 Å². The molecule has 7 heteroatoms. The van der Waals surface area contributed by atoms with Crippen LogP contribution in [0, 0.1) is 0 Å². The summed E-state index contributed by atoms with van der Waals surface area (Å²) in [6, 6.07) is 9.09. The molecular formula is C26H30O6S. The minimum Gasteiger partial charge on any atom is -0.427 e. The van der Waals surface area contributed by atoms with Gasteiger partial charge in [-0.3, -0.25) is 9.59 Å². The first-order chi connectivity index (χ1) is 15.8. The van der Waals surface area contributed by atoms with Crippen molar-refractivity contribution < 1.29 is 27.5 Å². The van der Waals surface area contributed by atoms with Gasteiger partial charge in [-0.15, -0.1) is 0 Å². The summed E-state index contributed by atoms with van der Waals surface area (Å²) >= 11 is 0. The second kappa shape index (κ2) is 12.2. The average molecular weight is 471 g/mol. The van der Waals surface area contributed by atoms with Crippen molar-refractivity contribution in [1.29, 1.82) is 0 Å². The lowest BCUT2D eigenvalue weighted by Gasteiger charge is -2.15. The molecule has 176 valence electrons. The molecule has 0 aliphatic rings. The third-order valence-corrected chi connectivity index (χ3v) is 6.79. The molecule has 0 amide bonds. The smallest absolute Gasteiger partial charge is 0.310 e. The molecule has 0 aliphatic carbocycles. The van der Waals surface area contributed by atoms with Crippen LogP contribution in [0.4, 0.5) is 0 Å². The Kier molecular flexibility index (Phi) is 9.60. The van der Waals surface area contributed by atoms with Crippen molar-refractivity contribution in [3.63, 3.8) is 0 Å². The van der Waals surface area contributed by atoms with Crippen molar-refractivity contribution in [1.82, 2.24) is 0 Å². The highest BCUT2D eigenvalue weighted by Gasteiger charge is 2.25. The topological polar surface area (TPSA) is 86.7 Å². The summed E-state index contributed by atoms with van der Waals surface area (Å²) in [5.41, 5.74) is 1.04. The molecule has 0 radical (unpaired) electrons. The van der Waals surface area contributed by atoms with Crippen molar-refractivity contribution >= 4 is 21.8 Å². The zero-order valence-electron chi connectivity index (χ0n) is 19.5. The number of hydrogen-bond donors (Lipinski definition) is 0. The standard InChI is InChI=1S/C26H30O6S/c1-5-9-11-19-17-21(31-25(27)7-3)13-15-23(19)33(29,30)24-16-14-22(32-26(28)8-4)18-20(24)12-10-6-2/h5-6,9-10,13-18H,7-8,11-12H2,1-4H3. The molecule has 0 unspecified atom stereocenters. The fraction of sp³-hybridized carbons (Fsp3) is 0.308. The number of hydrogen-bond acceptors (Lipinski definition) is 6. The van der Waals surface area contributed by atoms with Gasteiger partial charge < -0.3 is 9.47 Å². The Balaban J connectivity index is 2.60. The van der Waals surface area contributed by atoms with Crippen molar-refractivity contribution in [2.24, 2.45) is 0 Å². The maximum absolute atomic E-state index is 13.7. The van der Waals surface area contributed by atoms with Gasteiger partial charge in [0.25, 0.3) is 0 Å². The van der Waals surface area contributed by atoms with E-state index in [9.17, 15) is 18.0 Å². The molecule has 0 bridgehead atoms. The van der Waals surface area contributed by atoms with Crippen molar-refractivity contribution in [2.45, 2.75) is 63.2 Å². The summed E-state index contributed by atoms with van der Waals surface area (Å²) in [7, 11) is -3.91. The van der Waals surface area contributed by atoms with Crippen LogP contribution in [0.2, 0.25) is 0 Å². The molecule has 0 spiro atoms. The first kappa shape index (κ1) is 26.1. The summed E-state index contributed by atoms with van der Waals surface area (Å²) in [5, 5.41) is 0. The van der Waals surface area contributed by atoms with Crippen LogP contribution in [-0.4, -0.2) is 20.4 Å². The van der Waals surface area contributed by atoms with Crippen LogP contribution in [-0.2, 0) is 32.3 Å². The van der Waals surface area contributed by atoms with Gasteiger partial charge in [0.2, 0.25) is 9.84 Å². The number of sulfone groups is 1. The van der Waals surface area contributed by atoms with Crippen LogP contribution in [0.25, 0.3) is 0 Å². The molecule has 0 atom stereocenters.